The molecular formula is C10H12ClN3O3. The fraction of sp³-hybridized carbons (Fsp3) is 0.200. The third kappa shape index (κ3) is 3.84. The number of phenolic OH excluding ortho intramolecular Hbond substituents is 1. The van der Waals surface area contributed by atoms with Crippen LogP contribution in [-0.2, 0) is 0 Å². The lowest BCUT2D eigenvalue weighted by molar-refractivity contribution is 0.0954. The first-order chi connectivity index (χ1) is 8.04. The molecule has 1 aromatic rings. The normalized spacial score (nSPS) is 11.2. The Morgan fingerprint density at radius 3 is 2.88 bits per heavy atom. The van der Waals surface area contributed by atoms with Gasteiger partial charge in [-0.05, 0) is 18.2 Å². The molecule has 0 aromatic heterocycles. The van der Waals surface area contributed by atoms with Gasteiger partial charge < -0.3 is 21.4 Å². The molecule has 1 aromatic carbocycles. The third-order valence-corrected chi connectivity index (χ3v) is 2.32. The highest BCUT2D eigenvalue weighted by Crippen LogP contribution is 2.20. The number of nitrogens with zero attached hydrogens (tertiary/aromatic N) is 1. The number of nitrogens with two attached hydrogens (primary N) is 1. The molecule has 6 nitrogen and oxygen atoms in total. The molecule has 0 aliphatic carbocycles. The lowest BCUT2D eigenvalue weighted by Crippen LogP contribution is -2.28. The predicted molar refractivity (Wildman–Crippen MR) is 63.5 cm³/mol. The van der Waals surface area contributed by atoms with Crippen LogP contribution in [0, 0.1) is 0 Å². The van der Waals surface area contributed by atoms with E-state index in [4.69, 9.17) is 22.5 Å². The molecule has 0 saturated heterocycles. The van der Waals surface area contributed by atoms with Crippen molar-refractivity contribution in [1.82, 2.24) is 5.32 Å². The molecular weight excluding hydrogens is 246 g/mol. The summed E-state index contributed by atoms with van der Waals surface area (Å²) >= 11 is 5.80. The summed E-state index contributed by atoms with van der Waals surface area (Å²) in [4.78, 5) is 11.6. The molecule has 0 radical (unpaired) electrons. The second kappa shape index (κ2) is 5.95. The summed E-state index contributed by atoms with van der Waals surface area (Å²) in [5, 5.41) is 23.1. The lowest BCUT2D eigenvalue weighted by atomic mass is 10.2. The number of hydrogen-bond acceptors (Lipinski definition) is 4. The van der Waals surface area contributed by atoms with Crippen LogP contribution < -0.4 is 11.1 Å². The van der Waals surface area contributed by atoms with Gasteiger partial charge in [0.1, 0.15) is 11.6 Å². The van der Waals surface area contributed by atoms with Gasteiger partial charge in [0.05, 0.1) is 10.6 Å². The van der Waals surface area contributed by atoms with Crippen molar-refractivity contribution in [3.05, 3.63) is 28.8 Å². The minimum Gasteiger partial charge on any atom is -0.508 e. The Hall–Kier alpha value is -1.95. The number of rotatable bonds is 4. The van der Waals surface area contributed by atoms with E-state index in [0.717, 1.165) is 0 Å². The molecule has 0 aliphatic heterocycles. The smallest absolute Gasteiger partial charge is 0.252 e. The molecule has 0 heterocycles. The van der Waals surface area contributed by atoms with E-state index in [1.807, 2.05) is 0 Å². The zero-order chi connectivity index (χ0) is 12.8. The van der Waals surface area contributed by atoms with Crippen LogP contribution in [0.25, 0.3) is 0 Å². The van der Waals surface area contributed by atoms with Crippen LogP contribution in [0.4, 0.5) is 0 Å². The maximum absolute atomic E-state index is 11.6. The molecule has 0 unspecified atom stereocenters. The van der Waals surface area contributed by atoms with Crippen LogP contribution in [0.1, 0.15) is 16.8 Å². The van der Waals surface area contributed by atoms with E-state index in [1.54, 1.807) is 0 Å². The van der Waals surface area contributed by atoms with Crippen LogP contribution in [-0.4, -0.2) is 28.6 Å². The molecule has 0 spiro atoms. The van der Waals surface area contributed by atoms with E-state index in [2.05, 4.69) is 10.5 Å². The number of aromatic hydroxyl groups is 1. The quantitative estimate of drug-likeness (QED) is 0.278. The maximum atomic E-state index is 11.6. The third-order valence-electron chi connectivity index (χ3n) is 1.99. The summed E-state index contributed by atoms with van der Waals surface area (Å²) < 4.78 is 0. The first-order valence-electron chi connectivity index (χ1n) is 4.77. The standard InChI is InChI=1S/C10H12ClN3O3/c11-8-2-1-6(15)5-7(8)10(16)13-4-3-9(12)14-17/h1-2,5,15,17H,3-4H2,(H2,12,14)(H,13,16). The fourth-order valence-corrected chi connectivity index (χ4v) is 1.34. The molecule has 17 heavy (non-hydrogen) atoms. The largest absolute Gasteiger partial charge is 0.508 e. The number of amidine groups is 1. The van der Waals surface area contributed by atoms with E-state index in [1.165, 1.54) is 18.2 Å². The van der Waals surface area contributed by atoms with Crippen LogP contribution >= 0.6 is 11.6 Å². The van der Waals surface area contributed by atoms with Crippen LogP contribution in [0.2, 0.25) is 5.02 Å². The van der Waals surface area contributed by atoms with E-state index in [-0.39, 0.29) is 35.1 Å². The molecule has 0 bridgehead atoms. The Kier molecular flexibility index (Phi) is 4.59. The van der Waals surface area contributed by atoms with Crippen molar-refractivity contribution in [3.63, 3.8) is 0 Å². The SMILES string of the molecule is N/C(CCNC(=O)c1cc(O)ccc1Cl)=N/O. The number of carbonyl (C=O) groups is 1. The molecule has 1 rings (SSSR count). The first kappa shape index (κ1) is 13.1. The van der Waals surface area contributed by atoms with Gasteiger partial charge in [-0.25, -0.2) is 0 Å². The van der Waals surface area contributed by atoms with Gasteiger partial charge in [-0.1, -0.05) is 16.8 Å². The van der Waals surface area contributed by atoms with Crippen molar-refractivity contribution in [2.24, 2.45) is 10.9 Å². The molecule has 92 valence electrons. The Morgan fingerprint density at radius 2 is 2.24 bits per heavy atom. The van der Waals surface area contributed by atoms with Crippen molar-refractivity contribution < 1.29 is 15.1 Å². The minimum absolute atomic E-state index is 0.0207. The van der Waals surface area contributed by atoms with Crippen LogP contribution in [0.3, 0.4) is 0 Å². The van der Waals surface area contributed by atoms with Gasteiger partial charge in [-0.3, -0.25) is 4.79 Å². The van der Waals surface area contributed by atoms with Gasteiger partial charge >= 0.3 is 0 Å². The van der Waals surface area contributed by atoms with Gasteiger partial charge in [0, 0.05) is 13.0 Å². The minimum atomic E-state index is -0.434. The van der Waals surface area contributed by atoms with E-state index in [0.29, 0.717) is 0 Å². The average Bonchev–Trinajstić information content (AvgIpc) is 2.31. The Balaban J connectivity index is 2.61. The van der Waals surface area contributed by atoms with E-state index < -0.39 is 5.91 Å². The van der Waals surface area contributed by atoms with Gasteiger partial charge in [-0.2, -0.15) is 0 Å². The Morgan fingerprint density at radius 1 is 1.53 bits per heavy atom. The average molecular weight is 258 g/mol. The van der Waals surface area contributed by atoms with Crippen molar-refractivity contribution in [3.8, 4) is 5.75 Å². The number of nitrogens with one attached hydrogen (secondary N) is 1. The molecule has 0 saturated carbocycles. The molecule has 0 fully saturated rings. The van der Waals surface area contributed by atoms with Crippen LogP contribution in [0.5, 0.6) is 5.75 Å². The first-order valence-corrected chi connectivity index (χ1v) is 5.15. The van der Waals surface area contributed by atoms with Gasteiger partial charge in [0.15, 0.2) is 0 Å². The lowest BCUT2D eigenvalue weighted by Gasteiger charge is -2.06. The summed E-state index contributed by atoms with van der Waals surface area (Å²) in [6, 6.07) is 4.08. The number of carbonyl (C=O) groups excluding carboxylic acids is 1. The molecule has 0 aliphatic rings. The van der Waals surface area contributed by atoms with Gasteiger partial charge in [0.2, 0.25) is 0 Å². The topological polar surface area (TPSA) is 108 Å². The summed E-state index contributed by atoms with van der Waals surface area (Å²) in [5.74, 6) is -0.458. The van der Waals surface area contributed by atoms with Crippen molar-refractivity contribution in [2.45, 2.75) is 6.42 Å². The number of oxime groups is 1. The monoisotopic (exact) mass is 257 g/mol. The summed E-state index contributed by atoms with van der Waals surface area (Å²) in [6.07, 6.45) is 0.221. The van der Waals surface area contributed by atoms with E-state index in [9.17, 15) is 9.90 Å². The second-order valence-electron chi connectivity index (χ2n) is 3.26. The second-order valence-corrected chi connectivity index (χ2v) is 3.67. The molecule has 5 N–H and O–H groups in total. The number of amides is 1. The van der Waals surface area contributed by atoms with Crippen LogP contribution in [0.15, 0.2) is 23.4 Å². The van der Waals surface area contributed by atoms with Crippen molar-refractivity contribution >= 4 is 23.3 Å². The fourth-order valence-electron chi connectivity index (χ4n) is 1.14. The Labute approximate surface area is 103 Å². The number of halogens is 1. The maximum Gasteiger partial charge on any atom is 0.252 e. The van der Waals surface area contributed by atoms with Gasteiger partial charge in [-0.15, -0.1) is 0 Å². The highest BCUT2D eigenvalue weighted by molar-refractivity contribution is 6.33. The highest BCUT2D eigenvalue weighted by Gasteiger charge is 2.10. The van der Waals surface area contributed by atoms with E-state index >= 15 is 0 Å². The number of phenols is 1. The predicted octanol–water partition coefficient (Wildman–Crippen LogP) is 0.912. The molecule has 7 heteroatoms. The highest BCUT2D eigenvalue weighted by atomic mass is 35.5. The van der Waals surface area contributed by atoms with Crippen molar-refractivity contribution in [2.75, 3.05) is 6.54 Å². The molecule has 0 atom stereocenters. The number of hydrogen-bond donors (Lipinski definition) is 4. The zero-order valence-electron chi connectivity index (χ0n) is 8.85. The summed E-state index contributed by atoms with van der Waals surface area (Å²) in [6.45, 7) is 0.209. The number of benzene rings is 1. The van der Waals surface area contributed by atoms with Gasteiger partial charge in [0.25, 0.3) is 5.91 Å². The zero-order valence-corrected chi connectivity index (χ0v) is 9.61. The summed E-state index contributed by atoms with van der Waals surface area (Å²) in [5.41, 5.74) is 5.41. The van der Waals surface area contributed by atoms with Crippen molar-refractivity contribution in [1.29, 1.82) is 0 Å². The Bertz CT molecular complexity index is 448. The summed E-state index contributed by atoms with van der Waals surface area (Å²) in [7, 11) is 0. The molecule has 1 amide bonds.